The predicted molar refractivity (Wildman–Crippen MR) is 150 cm³/mol. The molecule has 5 aromatic rings. The van der Waals surface area contributed by atoms with E-state index in [2.05, 4.69) is 21.1 Å². The molecule has 1 atom stereocenters. The quantitative estimate of drug-likeness (QED) is 0.336. The van der Waals surface area contributed by atoms with Crippen LogP contribution in [0.4, 0.5) is 0 Å². The lowest BCUT2D eigenvalue weighted by Gasteiger charge is -2.32. The molecule has 0 radical (unpaired) electrons. The zero-order valence-electron chi connectivity index (χ0n) is 21.9. The van der Waals surface area contributed by atoms with Crippen molar-refractivity contribution in [1.82, 2.24) is 33.2 Å². The van der Waals surface area contributed by atoms with Gasteiger partial charge >= 0.3 is 5.69 Å². The maximum absolute atomic E-state index is 13.6. The van der Waals surface area contributed by atoms with E-state index in [1.807, 2.05) is 48.3 Å². The SMILES string of the molecule is Cn1cc(-c2ccc(-c3ccc4ncc5c(c4c3)n(C3CCCN(S(=O)(=O)C4CC4)C3)c(=O)n5C)cn2)cn1. The highest BCUT2D eigenvalue weighted by Crippen LogP contribution is 2.36. The third-order valence-corrected chi connectivity index (χ3v) is 10.4. The molecule has 2 fully saturated rings. The van der Waals surface area contributed by atoms with Gasteiger partial charge in [0.15, 0.2) is 0 Å². The molecule has 200 valence electrons. The van der Waals surface area contributed by atoms with Crippen LogP contribution in [0, 0.1) is 0 Å². The first-order chi connectivity index (χ1) is 18.8. The Hall–Kier alpha value is -3.83. The van der Waals surface area contributed by atoms with Gasteiger partial charge in [-0.15, -0.1) is 0 Å². The zero-order chi connectivity index (χ0) is 26.9. The molecule has 10 nitrogen and oxygen atoms in total. The summed E-state index contributed by atoms with van der Waals surface area (Å²) < 4.78 is 32.8. The van der Waals surface area contributed by atoms with E-state index in [1.54, 1.807) is 33.0 Å². The highest BCUT2D eigenvalue weighted by molar-refractivity contribution is 7.90. The first-order valence-electron chi connectivity index (χ1n) is 13.3. The highest BCUT2D eigenvalue weighted by Gasteiger charge is 2.42. The largest absolute Gasteiger partial charge is 0.329 e. The number of piperidine rings is 1. The van der Waals surface area contributed by atoms with Crippen molar-refractivity contribution in [3.05, 3.63) is 65.6 Å². The van der Waals surface area contributed by atoms with E-state index in [4.69, 9.17) is 0 Å². The summed E-state index contributed by atoms with van der Waals surface area (Å²) in [6.07, 6.45) is 10.2. The molecule has 5 heterocycles. The van der Waals surface area contributed by atoms with E-state index >= 15 is 0 Å². The lowest BCUT2D eigenvalue weighted by molar-refractivity contribution is 0.266. The van der Waals surface area contributed by atoms with Gasteiger partial charge in [-0.05, 0) is 49.4 Å². The van der Waals surface area contributed by atoms with E-state index in [1.165, 1.54) is 0 Å². The van der Waals surface area contributed by atoms with Gasteiger partial charge < -0.3 is 0 Å². The molecule has 1 aliphatic carbocycles. The summed E-state index contributed by atoms with van der Waals surface area (Å²) in [7, 11) is 0.318. The Morgan fingerprint density at radius 1 is 0.923 bits per heavy atom. The van der Waals surface area contributed by atoms with Gasteiger partial charge in [-0.3, -0.25) is 23.8 Å². The standard InChI is InChI=1S/C28H29N7O3S/c1-32-16-20(14-31-32)24-9-6-19(13-29-24)18-5-10-25-23(12-18)27-26(15-30-25)33(2)28(36)35(27)21-4-3-11-34(17-21)39(37,38)22-7-8-22/h5-6,9-10,12-16,21-22H,3-4,7-8,11,17H2,1-2H3. The molecule has 0 amide bonds. The summed E-state index contributed by atoms with van der Waals surface area (Å²) in [5, 5.41) is 4.83. The first kappa shape index (κ1) is 24.2. The average Bonchev–Trinajstić information content (AvgIpc) is 3.68. The van der Waals surface area contributed by atoms with Gasteiger partial charge in [-0.25, -0.2) is 13.2 Å². The Bertz CT molecular complexity index is 1900. The first-order valence-corrected chi connectivity index (χ1v) is 14.8. The van der Waals surface area contributed by atoms with Gasteiger partial charge in [0, 0.05) is 56.1 Å². The van der Waals surface area contributed by atoms with Crippen LogP contribution < -0.4 is 5.69 Å². The number of pyridine rings is 2. The minimum absolute atomic E-state index is 0.150. The molecule has 39 heavy (non-hydrogen) atoms. The lowest BCUT2D eigenvalue weighted by Crippen LogP contribution is -2.44. The second kappa shape index (κ2) is 8.85. The fourth-order valence-corrected chi connectivity index (χ4v) is 7.69. The number of nitrogens with zero attached hydrogens (tertiary/aromatic N) is 7. The van der Waals surface area contributed by atoms with Crippen molar-refractivity contribution >= 4 is 32.0 Å². The number of sulfonamides is 1. The van der Waals surface area contributed by atoms with E-state index in [-0.39, 0.29) is 17.0 Å². The van der Waals surface area contributed by atoms with Crippen molar-refractivity contribution in [2.45, 2.75) is 37.0 Å². The van der Waals surface area contributed by atoms with Gasteiger partial charge in [0.1, 0.15) is 0 Å². The summed E-state index contributed by atoms with van der Waals surface area (Å²) >= 11 is 0. The monoisotopic (exact) mass is 543 g/mol. The molecule has 1 saturated heterocycles. The number of hydrogen-bond donors (Lipinski definition) is 0. The Morgan fingerprint density at radius 3 is 2.46 bits per heavy atom. The molecule has 0 spiro atoms. The van der Waals surface area contributed by atoms with E-state index < -0.39 is 10.0 Å². The van der Waals surface area contributed by atoms with Gasteiger partial charge in [0.05, 0.1) is 45.9 Å². The highest BCUT2D eigenvalue weighted by atomic mass is 32.2. The van der Waals surface area contributed by atoms with Crippen LogP contribution in [0.2, 0.25) is 0 Å². The molecule has 2 aliphatic rings. The fraction of sp³-hybridized carbons (Fsp3) is 0.357. The second-order valence-electron chi connectivity index (χ2n) is 10.7. The minimum atomic E-state index is -3.31. The van der Waals surface area contributed by atoms with Crippen molar-refractivity contribution in [2.75, 3.05) is 13.1 Å². The normalized spacial score (nSPS) is 18.8. The second-order valence-corrected chi connectivity index (χ2v) is 12.9. The molecular weight excluding hydrogens is 514 g/mol. The molecule has 1 unspecified atom stereocenters. The van der Waals surface area contributed by atoms with E-state index in [0.717, 1.165) is 70.0 Å². The fourth-order valence-electron chi connectivity index (χ4n) is 5.77. The number of benzene rings is 1. The molecule has 7 rings (SSSR count). The Kier molecular flexibility index (Phi) is 5.50. The van der Waals surface area contributed by atoms with Crippen LogP contribution in [-0.2, 0) is 24.1 Å². The summed E-state index contributed by atoms with van der Waals surface area (Å²) in [5.74, 6) is 0. The summed E-state index contributed by atoms with van der Waals surface area (Å²) in [5.41, 5.74) is 5.87. The number of imidazole rings is 1. The minimum Gasteiger partial charge on any atom is -0.293 e. The van der Waals surface area contributed by atoms with Crippen molar-refractivity contribution in [3.63, 3.8) is 0 Å². The van der Waals surface area contributed by atoms with Crippen LogP contribution in [0.3, 0.4) is 0 Å². The number of aryl methyl sites for hydroxylation is 2. The van der Waals surface area contributed by atoms with Gasteiger partial charge in [0.2, 0.25) is 10.0 Å². The summed E-state index contributed by atoms with van der Waals surface area (Å²) in [4.78, 5) is 22.9. The predicted octanol–water partition coefficient (Wildman–Crippen LogP) is 3.48. The lowest BCUT2D eigenvalue weighted by atomic mass is 10.0. The Morgan fingerprint density at radius 2 is 1.74 bits per heavy atom. The van der Waals surface area contributed by atoms with Crippen LogP contribution in [0.5, 0.6) is 0 Å². The molecule has 1 aromatic carbocycles. The van der Waals surface area contributed by atoms with E-state index in [0.29, 0.717) is 13.1 Å². The molecule has 4 aromatic heterocycles. The van der Waals surface area contributed by atoms with Crippen LogP contribution in [0.1, 0.15) is 31.7 Å². The molecule has 1 saturated carbocycles. The number of aromatic nitrogens is 6. The number of fused-ring (bicyclic) bond motifs is 3. The van der Waals surface area contributed by atoms with Crippen LogP contribution in [-0.4, -0.2) is 59.9 Å². The third kappa shape index (κ3) is 3.99. The Labute approximate surface area is 225 Å². The van der Waals surface area contributed by atoms with Crippen LogP contribution in [0.25, 0.3) is 44.3 Å². The average molecular weight is 544 g/mol. The van der Waals surface area contributed by atoms with Crippen molar-refractivity contribution in [3.8, 4) is 22.4 Å². The topological polar surface area (TPSA) is 108 Å². The smallest absolute Gasteiger partial charge is 0.293 e. The van der Waals surface area contributed by atoms with Crippen LogP contribution >= 0.6 is 0 Å². The molecule has 0 N–H and O–H groups in total. The summed E-state index contributed by atoms with van der Waals surface area (Å²) in [6, 6.07) is 9.80. The Balaban J connectivity index is 1.33. The van der Waals surface area contributed by atoms with Gasteiger partial charge in [0.25, 0.3) is 0 Å². The molecular formula is C28H29N7O3S. The van der Waals surface area contributed by atoms with Crippen LogP contribution in [0.15, 0.2) is 59.9 Å². The van der Waals surface area contributed by atoms with Gasteiger partial charge in [-0.1, -0.05) is 12.1 Å². The number of rotatable bonds is 5. The van der Waals surface area contributed by atoms with Crippen molar-refractivity contribution < 1.29 is 8.42 Å². The third-order valence-electron chi connectivity index (χ3n) is 8.04. The summed E-state index contributed by atoms with van der Waals surface area (Å²) in [6.45, 7) is 0.838. The molecule has 0 bridgehead atoms. The zero-order valence-corrected chi connectivity index (χ0v) is 22.7. The molecule has 11 heteroatoms. The maximum atomic E-state index is 13.6. The van der Waals surface area contributed by atoms with Crippen molar-refractivity contribution in [2.24, 2.45) is 14.1 Å². The van der Waals surface area contributed by atoms with Crippen molar-refractivity contribution in [1.29, 1.82) is 0 Å². The van der Waals surface area contributed by atoms with Gasteiger partial charge in [-0.2, -0.15) is 9.40 Å². The van der Waals surface area contributed by atoms with E-state index in [9.17, 15) is 13.2 Å². The number of hydrogen-bond acceptors (Lipinski definition) is 6. The maximum Gasteiger partial charge on any atom is 0.329 e. The molecule has 1 aliphatic heterocycles.